The molecule has 132 valence electrons. The summed E-state index contributed by atoms with van der Waals surface area (Å²) in [6, 6.07) is 5.11. The van der Waals surface area contributed by atoms with Crippen molar-refractivity contribution in [1.82, 2.24) is 20.9 Å². The van der Waals surface area contributed by atoms with Crippen molar-refractivity contribution in [2.24, 2.45) is 0 Å². The van der Waals surface area contributed by atoms with Gasteiger partial charge in [0, 0.05) is 17.1 Å². The minimum absolute atomic E-state index is 0.173. The number of benzene rings is 1. The van der Waals surface area contributed by atoms with Gasteiger partial charge < -0.3 is 10.6 Å². The summed E-state index contributed by atoms with van der Waals surface area (Å²) in [5.41, 5.74) is -0.970. The fourth-order valence-electron chi connectivity index (χ4n) is 2.41. The van der Waals surface area contributed by atoms with Crippen LogP contribution >= 0.6 is 11.6 Å². The average Bonchev–Trinajstić information content (AvgIpc) is 2.77. The molecule has 8 nitrogen and oxygen atoms in total. The smallest absolute Gasteiger partial charge is 0.325 e. The molecule has 0 aliphatic carbocycles. The summed E-state index contributed by atoms with van der Waals surface area (Å²) < 4.78 is 0. The topological polar surface area (TPSA) is 108 Å². The van der Waals surface area contributed by atoms with Crippen LogP contribution in [0, 0.1) is 0 Å². The molecule has 1 aliphatic heterocycles. The highest BCUT2D eigenvalue weighted by Crippen LogP contribution is 2.33. The number of nitrogens with one attached hydrogen (secondary N) is 3. The highest BCUT2D eigenvalue weighted by molar-refractivity contribution is 6.32. The molecule has 1 aromatic carbocycles. The van der Waals surface area contributed by atoms with Gasteiger partial charge in [-0.15, -0.1) is 6.58 Å². The van der Waals surface area contributed by atoms with Crippen molar-refractivity contribution in [2.45, 2.75) is 12.5 Å². The second kappa shape index (κ2) is 7.35. The van der Waals surface area contributed by atoms with E-state index in [0.717, 1.165) is 4.90 Å². The third kappa shape index (κ3) is 3.80. The standard InChI is InChI=1S/C16H17ClN4O4/c1-3-8-18-14(24)19-12(22)9-21-13(23)16(2,20-15(21)25)10-6-4-5-7-11(10)17/h3-7H,1,8-9H2,2H3,(H,20,25)(H2,18,19,22,24). The van der Waals surface area contributed by atoms with E-state index >= 15 is 0 Å². The van der Waals surface area contributed by atoms with E-state index in [1.165, 1.54) is 13.0 Å². The van der Waals surface area contributed by atoms with E-state index in [-0.39, 0.29) is 6.54 Å². The Morgan fingerprint density at radius 3 is 2.68 bits per heavy atom. The lowest BCUT2D eigenvalue weighted by atomic mass is 9.92. The summed E-state index contributed by atoms with van der Waals surface area (Å²) in [4.78, 5) is 48.9. The number of rotatable bonds is 5. The van der Waals surface area contributed by atoms with Crippen LogP contribution in [0.1, 0.15) is 12.5 Å². The first-order chi connectivity index (χ1) is 11.8. The Bertz CT molecular complexity index is 751. The van der Waals surface area contributed by atoms with Gasteiger partial charge >= 0.3 is 12.1 Å². The first-order valence-electron chi connectivity index (χ1n) is 7.37. The molecule has 0 spiro atoms. The number of amides is 6. The predicted molar refractivity (Wildman–Crippen MR) is 90.8 cm³/mol. The molecular formula is C16H17ClN4O4. The zero-order valence-corrected chi connectivity index (χ0v) is 14.2. The Hall–Kier alpha value is -2.87. The number of imide groups is 2. The minimum Gasteiger partial charge on any atom is -0.334 e. The molecule has 3 N–H and O–H groups in total. The second-order valence-corrected chi connectivity index (χ2v) is 5.88. The van der Waals surface area contributed by atoms with Crippen molar-refractivity contribution in [1.29, 1.82) is 0 Å². The lowest BCUT2D eigenvalue weighted by Crippen LogP contribution is -2.47. The molecule has 9 heteroatoms. The second-order valence-electron chi connectivity index (χ2n) is 5.47. The van der Waals surface area contributed by atoms with Crippen molar-refractivity contribution < 1.29 is 19.2 Å². The minimum atomic E-state index is -1.39. The summed E-state index contributed by atoms with van der Waals surface area (Å²) >= 11 is 6.12. The van der Waals surface area contributed by atoms with E-state index in [1.807, 2.05) is 5.32 Å². The zero-order chi connectivity index (χ0) is 18.6. The van der Waals surface area contributed by atoms with Gasteiger partial charge in [-0.25, -0.2) is 9.59 Å². The maximum atomic E-state index is 12.7. The first kappa shape index (κ1) is 18.5. The first-order valence-corrected chi connectivity index (χ1v) is 7.75. The molecule has 1 heterocycles. The molecule has 1 atom stereocenters. The molecule has 2 rings (SSSR count). The van der Waals surface area contributed by atoms with Crippen LogP contribution in [0.5, 0.6) is 0 Å². The maximum Gasteiger partial charge on any atom is 0.325 e. The van der Waals surface area contributed by atoms with Gasteiger partial charge in [0.25, 0.3) is 5.91 Å². The Kier molecular flexibility index (Phi) is 5.43. The van der Waals surface area contributed by atoms with Crippen molar-refractivity contribution in [3.8, 4) is 0 Å². The van der Waals surface area contributed by atoms with Crippen LogP contribution < -0.4 is 16.0 Å². The number of carbonyl (C=O) groups is 4. The molecule has 1 saturated heterocycles. The van der Waals surface area contributed by atoms with E-state index in [1.54, 1.807) is 24.3 Å². The third-order valence-electron chi connectivity index (χ3n) is 3.65. The number of urea groups is 2. The van der Waals surface area contributed by atoms with Crippen molar-refractivity contribution in [2.75, 3.05) is 13.1 Å². The fraction of sp³-hybridized carbons (Fsp3) is 0.250. The normalized spacial score (nSPS) is 19.4. The number of nitrogens with zero attached hydrogens (tertiary/aromatic N) is 1. The van der Waals surface area contributed by atoms with Crippen LogP contribution in [0.4, 0.5) is 9.59 Å². The van der Waals surface area contributed by atoms with Gasteiger partial charge in [0.05, 0.1) is 0 Å². The average molecular weight is 365 g/mol. The van der Waals surface area contributed by atoms with Gasteiger partial charge in [-0.1, -0.05) is 35.9 Å². The molecule has 0 bridgehead atoms. The van der Waals surface area contributed by atoms with Crippen molar-refractivity contribution in [3.05, 3.63) is 47.5 Å². The van der Waals surface area contributed by atoms with Crippen LogP contribution in [-0.4, -0.2) is 41.9 Å². The van der Waals surface area contributed by atoms with E-state index in [2.05, 4.69) is 17.2 Å². The lowest BCUT2D eigenvalue weighted by molar-refractivity contribution is -0.134. The van der Waals surface area contributed by atoms with Gasteiger partial charge in [0.1, 0.15) is 12.1 Å². The Morgan fingerprint density at radius 2 is 2.04 bits per heavy atom. The molecule has 1 aliphatic rings. The Balaban J connectivity index is 2.11. The molecule has 1 fully saturated rings. The van der Waals surface area contributed by atoms with Gasteiger partial charge in [0.15, 0.2) is 0 Å². The van der Waals surface area contributed by atoms with E-state index < -0.39 is 36.0 Å². The van der Waals surface area contributed by atoms with Gasteiger partial charge in [-0.2, -0.15) is 0 Å². The quantitative estimate of drug-likeness (QED) is 0.537. The summed E-state index contributed by atoms with van der Waals surface area (Å²) in [7, 11) is 0. The van der Waals surface area contributed by atoms with E-state index in [0.29, 0.717) is 10.6 Å². The molecular weight excluding hydrogens is 348 g/mol. The zero-order valence-electron chi connectivity index (χ0n) is 13.5. The molecule has 25 heavy (non-hydrogen) atoms. The Labute approximate surface area is 149 Å². The highest BCUT2D eigenvalue weighted by Gasteiger charge is 2.50. The van der Waals surface area contributed by atoms with E-state index in [4.69, 9.17) is 11.6 Å². The van der Waals surface area contributed by atoms with Gasteiger partial charge in [0.2, 0.25) is 5.91 Å². The van der Waals surface area contributed by atoms with Crippen LogP contribution in [-0.2, 0) is 15.1 Å². The molecule has 6 amide bonds. The number of hydrogen-bond donors (Lipinski definition) is 3. The number of hydrogen-bond acceptors (Lipinski definition) is 4. The van der Waals surface area contributed by atoms with Crippen LogP contribution in [0.2, 0.25) is 5.02 Å². The highest BCUT2D eigenvalue weighted by atomic mass is 35.5. The molecule has 1 unspecified atom stereocenters. The van der Waals surface area contributed by atoms with Gasteiger partial charge in [-0.05, 0) is 13.0 Å². The summed E-state index contributed by atoms with van der Waals surface area (Å²) in [5.74, 6) is -1.43. The third-order valence-corrected chi connectivity index (χ3v) is 3.98. The molecule has 0 radical (unpaired) electrons. The lowest BCUT2D eigenvalue weighted by Gasteiger charge is -2.23. The fourth-order valence-corrected chi connectivity index (χ4v) is 2.73. The number of halogens is 1. The molecule has 0 saturated carbocycles. The van der Waals surface area contributed by atoms with Gasteiger partial charge in [-0.3, -0.25) is 19.8 Å². The van der Waals surface area contributed by atoms with Crippen LogP contribution in [0.15, 0.2) is 36.9 Å². The summed E-state index contributed by atoms with van der Waals surface area (Å²) in [5, 5.41) is 7.23. The number of carbonyl (C=O) groups excluding carboxylic acids is 4. The predicted octanol–water partition coefficient (Wildman–Crippen LogP) is 1.12. The van der Waals surface area contributed by atoms with Crippen LogP contribution in [0.25, 0.3) is 0 Å². The SMILES string of the molecule is C=CCNC(=O)NC(=O)CN1C(=O)NC(C)(c2ccccc2Cl)C1=O. The molecule has 1 aromatic rings. The summed E-state index contributed by atoms with van der Waals surface area (Å²) in [6.07, 6.45) is 1.44. The van der Waals surface area contributed by atoms with Crippen molar-refractivity contribution >= 4 is 35.5 Å². The van der Waals surface area contributed by atoms with Crippen LogP contribution in [0.3, 0.4) is 0 Å². The monoisotopic (exact) mass is 364 g/mol. The summed E-state index contributed by atoms with van der Waals surface area (Å²) in [6.45, 7) is 4.51. The maximum absolute atomic E-state index is 12.7. The Morgan fingerprint density at radius 1 is 1.36 bits per heavy atom. The molecule has 0 aromatic heterocycles. The largest absolute Gasteiger partial charge is 0.334 e. The van der Waals surface area contributed by atoms with E-state index in [9.17, 15) is 19.2 Å². The van der Waals surface area contributed by atoms with Crippen molar-refractivity contribution in [3.63, 3.8) is 0 Å².